The summed E-state index contributed by atoms with van der Waals surface area (Å²) in [6.45, 7) is 0. The molecular formula is C17H11ClN4O4. The largest absolute Gasteiger partial charge is 0.358 e. The van der Waals surface area contributed by atoms with Gasteiger partial charge >= 0.3 is 5.82 Å². The maximum absolute atomic E-state index is 12.7. The van der Waals surface area contributed by atoms with Crippen LogP contribution in [0.3, 0.4) is 0 Å². The third-order valence-electron chi connectivity index (χ3n) is 3.50. The van der Waals surface area contributed by atoms with Crippen molar-refractivity contribution in [2.24, 2.45) is 0 Å². The molecular weight excluding hydrogens is 360 g/mol. The number of halogens is 1. The maximum atomic E-state index is 12.7. The maximum Gasteiger partial charge on any atom is 0.343 e. The molecule has 3 rings (SSSR count). The standard InChI is InChI=1S/C17H11ClN4O4/c18-11-6-7-13(12(8-11)16(23)10-4-2-1-3-5-10)19-17(24)14-9-15(21-20-14)22(25)26/h1-9H,(H,19,24)(H,20,21). The molecule has 8 nitrogen and oxygen atoms in total. The topological polar surface area (TPSA) is 118 Å². The van der Waals surface area contributed by atoms with Gasteiger partial charge in [0.2, 0.25) is 0 Å². The summed E-state index contributed by atoms with van der Waals surface area (Å²) in [5.74, 6) is -1.43. The van der Waals surface area contributed by atoms with Gasteiger partial charge in [-0.25, -0.2) is 0 Å². The highest BCUT2D eigenvalue weighted by Crippen LogP contribution is 2.24. The van der Waals surface area contributed by atoms with Crippen LogP contribution in [0.15, 0.2) is 54.6 Å². The van der Waals surface area contributed by atoms with Crippen LogP contribution in [0, 0.1) is 10.1 Å². The van der Waals surface area contributed by atoms with Gasteiger partial charge in [0.25, 0.3) is 5.91 Å². The van der Waals surface area contributed by atoms with Gasteiger partial charge < -0.3 is 15.4 Å². The van der Waals surface area contributed by atoms with Crippen molar-refractivity contribution in [2.75, 3.05) is 5.32 Å². The van der Waals surface area contributed by atoms with E-state index in [4.69, 9.17) is 11.6 Å². The molecule has 1 aromatic heterocycles. The van der Waals surface area contributed by atoms with Crippen molar-refractivity contribution in [3.05, 3.63) is 86.6 Å². The summed E-state index contributed by atoms with van der Waals surface area (Å²) < 4.78 is 0. The van der Waals surface area contributed by atoms with E-state index < -0.39 is 16.6 Å². The van der Waals surface area contributed by atoms with E-state index in [-0.39, 0.29) is 22.7 Å². The molecule has 2 aromatic carbocycles. The zero-order valence-electron chi connectivity index (χ0n) is 13.1. The highest BCUT2D eigenvalue weighted by molar-refractivity contribution is 6.31. The van der Waals surface area contributed by atoms with Crippen molar-refractivity contribution in [1.29, 1.82) is 0 Å². The van der Waals surface area contributed by atoms with Crippen molar-refractivity contribution in [3.63, 3.8) is 0 Å². The molecule has 1 heterocycles. The number of nitrogens with one attached hydrogen (secondary N) is 2. The molecule has 9 heteroatoms. The van der Waals surface area contributed by atoms with Crippen molar-refractivity contribution in [3.8, 4) is 0 Å². The summed E-state index contributed by atoms with van der Waals surface area (Å²) in [7, 11) is 0. The van der Waals surface area contributed by atoms with Gasteiger partial charge in [-0.15, -0.1) is 5.10 Å². The molecule has 0 bridgehead atoms. The SMILES string of the molecule is O=C(Nc1ccc(Cl)cc1C(=O)c1ccccc1)c1cc([N+](=O)[O-])[nH]n1. The van der Waals surface area contributed by atoms with Gasteiger partial charge in [-0.2, -0.15) is 0 Å². The Labute approximate surface area is 152 Å². The fourth-order valence-corrected chi connectivity index (χ4v) is 2.44. The van der Waals surface area contributed by atoms with E-state index in [9.17, 15) is 19.7 Å². The Balaban J connectivity index is 1.91. The van der Waals surface area contributed by atoms with Gasteiger partial charge in [0.15, 0.2) is 11.5 Å². The lowest BCUT2D eigenvalue weighted by molar-refractivity contribution is -0.389. The predicted octanol–water partition coefficient (Wildman–Crippen LogP) is 3.45. The number of benzene rings is 2. The number of hydrogen-bond acceptors (Lipinski definition) is 5. The van der Waals surface area contributed by atoms with Crippen LogP contribution in [0.4, 0.5) is 11.5 Å². The molecule has 0 unspecified atom stereocenters. The van der Waals surface area contributed by atoms with Gasteiger partial charge in [-0.3, -0.25) is 9.59 Å². The molecule has 0 aliphatic rings. The first-order chi connectivity index (χ1) is 12.5. The highest BCUT2D eigenvalue weighted by atomic mass is 35.5. The molecule has 0 aliphatic carbocycles. The molecule has 0 spiro atoms. The van der Waals surface area contributed by atoms with Gasteiger partial charge in [-0.05, 0) is 23.1 Å². The van der Waals surface area contributed by atoms with Crippen LogP contribution in [0.1, 0.15) is 26.4 Å². The summed E-state index contributed by atoms with van der Waals surface area (Å²) in [6.07, 6.45) is 0. The van der Waals surface area contributed by atoms with Gasteiger partial charge in [0, 0.05) is 16.1 Å². The van der Waals surface area contributed by atoms with Crippen LogP contribution in [0.25, 0.3) is 0 Å². The number of anilines is 1. The number of ketones is 1. The van der Waals surface area contributed by atoms with Crippen LogP contribution >= 0.6 is 11.6 Å². The van der Waals surface area contributed by atoms with Crippen molar-refractivity contribution < 1.29 is 14.5 Å². The molecule has 1 amide bonds. The Bertz CT molecular complexity index is 1000. The molecule has 0 aliphatic heterocycles. The Kier molecular flexibility index (Phi) is 4.76. The number of carbonyl (C=O) groups is 2. The van der Waals surface area contributed by atoms with Crippen LogP contribution in [-0.2, 0) is 0 Å². The van der Waals surface area contributed by atoms with Gasteiger partial charge in [0.05, 0.1) is 11.8 Å². The van der Waals surface area contributed by atoms with E-state index in [0.29, 0.717) is 10.6 Å². The second-order valence-electron chi connectivity index (χ2n) is 5.23. The first-order valence-corrected chi connectivity index (χ1v) is 7.74. The Morgan fingerprint density at radius 1 is 1.12 bits per heavy atom. The molecule has 0 saturated heterocycles. The number of nitrogens with zero attached hydrogens (tertiary/aromatic N) is 2. The van der Waals surface area contributed by atoms with Crippen LogP contribution < -0.4 is 5.32 Å². The first-order valence-electron chi connectivity index (χ1n) is 7.36. The molecule has 0 saturated carbocycles. The summed E-state index contributed by atoms with van der Waals surface area (Å²) in [5, 5.41) is 19.3. The molecule has 26 heavy (non-hydrogen) atoms. The zero-order valence-corrected chi connectivity index (χ0v) is 13.9. The number of rotatable bonds is 5. The minimum Gasteiger partial charge on any atom is -0.358 e. The summed E-state index contributed by atoms with van der Waals surface area (Å²) in [5.41, 5.74) is 0.673. The summed E-state index contributed by atoms with van der Waals surface area (Å²) >= 11 is 5.98. The van der Waals surface area contributed by atoms with E-state index in [1.54, 1.807) is 30.3 Å². The number of carbonyl (C=O) groups excluding carboxylic acids is 2. The minimum atomic E-state index is -0.698. The van der Waals surface area contributed by atoms with Crippen molar-refractivity contribution in [1.82, 2.24) is 10.2 Å². The lowest BCUT2D eigenvalue weighted by Crippen LogP contribution is -2.15. The monoisotopic (exact) mass is 370 g/mol. The van der Waals surface area contributed by atoms with Crippen LogP contribution in [0.5, 0.6) is 0 Å². The van der Waals surface area contributed by atoms with Gasteiger partial charge in [0.1, 0.15) is 0 Å². The first kappa shape index (κ1) is 17.3. The van der Waals surface area contributed by atoms with E-state index in [0.717, 1.165) is 6.07 Å². The van der Waals surface area contributed by atoms with E-state index in [1.807, 2.05) is 0 Å². The number of amides is 1. The average molecular weight is 371 g/mol. The van der Waals surface area contributed by atoms with Crippen molar-refractivity contribution in [2.45, 2.75) is 0 Å². The highest BCUT2D eigenvalue weighted by Gasteiger charge is 2.20. The number of aromatic nitrogens is 2. The third kappa shape index (κ3) is 3.60. The molecule has 130 valence electrons. The van der Waals surface area contributed by atoms with E-state index in [2.05, 4.69) is 15.5 Å². The average Bonchev–Trinajstić information content (AvgIpc) is 3.14. The number of aromatic amines is 1. The van der Waals surface area contributed by atoms with Gasteiger partial charge in [-0.1, -0.05) is 47.0 Å². The Hall–Kier alpha value is -3.52. The molecule has 0 atom stereocenters. The van der Waals surface area contributed by atoms with Crippen LogP contribution in [0.2, 0.25) is 5.02 Å². The smallest absolute Gasteiger partial charge is 0.343 e. The Morgan fingerprint density at radius 3 is 2.50 bits per heavy atom. The predicted molar refractivity (Wildman–Crippen MR) is 94.5 cm³/mol. The number of H-pyrrole nitrogens is 1. The Morgan fingerprint density at radius 2 is 1.85 bits per heavy atom. The summed E-state index contributed by atoms with van der Waals surface area (Å²) in [6, 6.07) is 14.0. The van der Waals surface area contributed by atoms with Crippen molar-refractivity contribution >= 4 is 34.8 Å². The quantitative estimate of drug-likeness (QED) is 0.405. The number of hydrogen-bond donors (Lipinski definition) is 2. The van der Waals surface area contributed by atoms with E-state index >= 15 is 0 Å². The second-order valence-corrected chi connectivity index (χ2v) is 5.67. The third-order valence-corrected chi connectivity index (χ3v) is 3.74. The second kappa shape index (κ2) is 7.16. The summed E-state index contributed by atoms with van der Waals surface area (Å²) in [4.78, 5) is 35.0. The molecule has 2 N–H and O–H groups in total. The fraction of sp³-hybridized carbons (Fsp3) is 0. The normalized spacial score (nSPS) is 10.3. The molecule has 3 aromatic rings. The zero-order chi connectivity index (χ0) is 18.7. The molecule has 0 fully saturated rings. The minimum absolute atomic E-state index is 0.176. The van der Waals surface area contributed by atoms with Crippen LogP contribution in [-0.4, -0.2) is 26.8 Å². The lowest BCUT2D eigenvalue weighted by atomic mass is 10.0. The lowest BCUT2D eigenvalue weighted by Gasteiger charge is -2.10. The molecule has 0 radical (unpaired) electrons. The number of nitro groups is 1. The van der Waals surface area contributed by atoms with E-state index in [1.165, 1.54) is 18.2 Å². The fourth-order valence-electron chi connectivity index (χ4n) is 2.27.